The van der Waals surface area contributed by atoms with Crippen LogP contribution in [0.15, 0.2) is 12.2 Å². The van der Waals surface area contributed by atoms with Crippen molar-refractivity contribution in [3.63, 3.8) is 0 Å². The number of rotatable bonds is 8. The van der Waals surface area contributed by atoms with Crippen LogP contribution in [0.5, 0.6) is 0 Å². The molecule has 0 aromatic heterocycles. The first-order chi connectivity index (χ1) is 9.64. The molecule has 1 heterocycles. The van der Waals surface area contributed by atoms with Crippen LogP contribution in [0.4, 0.5) is 0 Å². The van der Waals surface area contributed by atoms with E-state index in [1.165, 1.54) is 12.8 Å². The summed E-state index contributed by atoms with van der Waals surface area (Å²) in [6, 6.07) is 0. The number of hydrogen-bond donors (Lipinski definition) is 0. The Morgan fingerprint density at radius 1 is 1.15 bits per heavy atom. The average molecular weight is 282 g/mol. The van der Waals surface area contributed by atoms with E-state index in [9.17, 15) is 0 Å². The van der Waals surface area contributed by atoms with E-state index >= 15 is 0 Å². The maximum absolute atomic E-state index is 5.93. The largest absolute Gasteiger partial charge is 0.233 e. The highest BCUT2D eigenvalue weighted by molar-refractivity contribution is 4.95. The second kappa shape index (κ2) is 8.84. The Morgan fingerprint density at radius 3 is 2.40 bits per heavy atom. The summed E-state index contributed by atoms with van der Waals surface area (Å²) in [6.07, 6.45) is 12.7. The van der Waals surface area contributed by atoms with Gasteiger partial charge in [-0.05, 0) is 50.4 Å². The lowest BCUT2D eigenvalue weighted by molar-refractivity contribution is -0.424. The highest BCUT2D eigenvalue weighted by Crippen LogP contribution is 2.41. The van der Waals surface area contributed by atoms with E-state index in [0.29, 0.717) is 11.8 Å². The third-order valence-electron chi connectivity index (χ3n) is 4.88. The molecule has 1 saturated heterocycles. The van der Waals surface area contributed by atoms with Crippen molar-refractivity contribution in [1.82, 2.24) is 0 Å². The molecule has 1 rings (SSSR count). The topological polar surface area (TPSA) is 18.5 Å². The van der Waals surface area contributed by atoms with Crippen LogP contribution in [0.25, 0.3) is 0 Å². The maximum atomic E-state index is 5.93. The van der Waals surface area contributed by atoms with Crippen molar-refractivity contribution in [3.05, 3.63) is 12.2 Å². The molecule has 0 aliphatic carbocycles. The minimum Gasteiger partial charge on any atom is -0.233 e. The summed E-state index contributed by atoms with van der Waals surface area (Å²) in [5, 5.41) is 0. The molecular weight excluding hydrogens is 248 g/mol. The Hall–Kier alpha value is -0.340. The molecule has 1 aliphatic rings. The minimum atomic E-state index is -0.0783. The van der Waals surface area contributed by atoms with E-state index < -0.39 is 0 Å². The molecule has 1 fully saturated rings. The van der Waals surface area contributed by atoms with Gasteiger partial charge >= 0.3 is 0 Å². The van der Waals surface area contributed by atoms with Gasteiger partial charge in [0, 0.05) is 0 Å². The first-order valence-electron chi connectivity index (χ1n) is 8.65. The molecular formula is C18H34O2. The summed E-state index contributed by atoms with van der Waals surface area (Å²) in [7, 11) is 0. The SMILES string of the molecule is CC/C=C/C(CC)C[C@]1(CC)C[C@H](CC)[C@H](CC)OO1. The Kier molecular flexibility index (Phi) is 7.83. The molecule has 1 unspecified atom stereocenters. The van der Waals surface area contributed by atoms with Crippen LogP contribution in [-0.2, 0) is 9.78 Å². The van der Waals surface area contributed by atoms with Crippen molar-refractivity contribution in [2.45, 2.75) is 91.3 Å². The van der Waals surface area contributed by atoms with Crippen molar-refractivity contribution in [2.24, 2.45) is 11.8 Å². The van der Waals surface area contributed by atoms with Crippen molar-refractivity contribution < 1.29 is 9.78 Å². The molecule has 0 radical (unpaired) electrons. The molecule has 1 aliphatic heterocycles. The Bertz CT molecular complexity index is 287. The highest BCUT2D eigenvalue weighted by atomic mass is 17.2. The van der Waals surface area contributed by atoms with Gasteiger partial charge in [0.15, 0.2) is 0 Å². The summed E-state index contributed by atoms with van der Waals surface area (Å²) < 4.78 is 0. The lowest BCUT2D eigenvalue weighted by Gasteiger charge is -2.43. The Balaban J connectivity index is 2.74. The first-order valence-corrected chi connectivity index (χ1v) is 8.65. The molecule has 0 amide bonds. The monoisotopic (exact) mass is 282 g/mol. The third kappa shape index (κ3) is 4.60. The molecule has 4 atom stereocenters. The Labute approximate surface area is 125 Å². The van der Waals surface area contributed by atoms with Gasteiger partial charge in [-0.15, -0.1) is 0 Å². The molecule has 0 spiro atoms. The van der Waals surface area contributed by atoms with E-state index in [-0.39, 0.29) is 11.7 Å². The van der Waals surface area contributed by atoms with Crippen LogP contribution < -0.4 is 0 Å². The molecule has 0 aromatic rings. The maximum Gasteiger partial charge on any atom is 0.104 e. The second-order valence-electron chi connectivity index (χ2n) is 6.24. The summed E-state index contributed by atoms with van der Waals surface area (Å²) in [6.45, 7) is 11.2. The van der Waals surface area contributed by atoms with Crippen LogP contribution >= 0.6 is 0 Å². The van der Waals surface area contributed by atoms with Gasteiger partial charge in [0.1, 0.15) is 5.60 Å². The smallest absolute Gasteiger partial charge is 0.104 e. The second-order valence-corrected chi connectivity index (χ2v) is 6.24. The molecule has 0 aromatic carbocycles. The van der Waals surface area contributed by atoms with E-state index in [4.69, 9.17) is 9.78 Å². The van der Waals surface area contributed by atoms with E-state index in [1.807, 2.05) is 0 Å². The predicted octanol–water partition coefficient (Wildman–Crippen LogP) is 5.67. The van der Waals surface area contributed by atoms with Crippen LogP contribution in [-0.4, -0.2) is 11.7 Å². The fraction of sp³-hybridized carbons (Fsp3) is 0.889. The number of allylic oxidation sites excluding steroid dienone is 2. The van der Waals surface area contributed by atoms with Crippen LogP contribution in [0.2, 0.25) is 0 Å². The molecule has 2 nitrogen and oxygen atoms in total. The van der Waals surface area contributed by atoms with E-state index in [1.54, 1.807) is 0 Å². The van der Waals surface area contributed by atoms with Gasteiger partial charge in [0.25, 0.3) is 0 Å². The van der Waals surface area contributed by atoms with Crippen molar-refractivity contribution in [2.75, 3.05) is 0 Å². The van der Waals surface area contributed by atoms with E-state index in [0.717, 1.165) is 32.1 Å². The predicted molar refractivity (Wildman–Crippen MR) is 85.5 cm³/mol. The summed E-state index contributed by atoms with van der Waals surface area (Å²) >= 11 is 0. The molecule has 0 N–H and O–H groups in total. The van der Waals surface area contributed by atoms with Gasteiger partial charge < -0.3 is 0 Å². The molecule has 118 valence electrons. The van der Waals surface area contributed by atoms with Crippen molar-refractivity contribution >= 4 is 0 Å². The minimum absolute atomic E-state index is 0.0783. The van der Waals surface area contributed by atoms with Gasteiger partial charge in [0.05, 0.1) is 6.10 Å². The summed E-state index contributed by atoms with van der Waals surface area (Å²) in [4.78, 5) is 11.7. The number of hydrogen-bond acceptors (Lipinski definition) is 2. The zero-order valence-electron chi connectivity index (χ0n) is 14.2. The highest BCUT2D eigenvalue weighted by Gasteiger charge is 2.42. The lowest BCUT2D eigenvalue weighted by Crippen LogP contribution is -2.45. The van der Waals surface area contributed by atoms with Crippen LogP contribution in [0.1, 0.15) is 79.6 Å². The van der Waals surface area contributed by atoms with Gasteiger partial charge in [-0.25, -0.2) is 9.78 Å². The lowest BCUT2D eigenvalue weighted by atomic mass is 9.77. The third-order valence-corrected chi connectivity index (χ3v) is 4.88. The standard InChI is InChI=1S/C18H34O2/c1-6-11-12-15(7-2)13-18(10-5)14-16(8-3)17(9-4)19-20-18/h11-12,15-17H,6-10,13-14H2,1-5H3/b12-11+/t15?,16-,17-,18+/m0/s1. The molecule has 0 bridgehead atoms. The Morgan fingerprint density at radius 2 is 1.90 bits per heavy atom. The zero-order chi connectivity index (χ0) is 15.0. The van der Waals surface area contributed by atoms with Crippen LogP contribution in [0.3, 0.4) is 0 Å². The fourth-order valence-corrected chi connectivity index (χ4v) is 3.31. The molecule has 0 saturated carbocycles. The van der Waals surface area contributed by atoms with Gasteiger partial charge in [-0.2, -0.15) is 0 Å². The normalized spacial score (nSPS) is 32.6. The zero-order valence-corrected chi connectivity index (χ0v) is 14.2. The first kappa shape index (κ1) is 17.7. The van der Waals surface area contributed by atoms with Crippen LogP contribution in [0, 0.1) is 11.8 Å². The van der Waals surface area contributed by atoms with Crippen molar-refractivity contribution in [3.8, 4) is 0 Å². The van der Waals surface area contributed by atoms with Crippen molar-refractivity contribution in [1.29, 1.82) is 0 Å². The van der Waals surface area contributed by atoms with Gasteiger partial charge in [-0.3, -0.25) is 0 Å². The summed E-state index contributed by atoms with van der Waals surface area (Å²) in [5.41, 5.74) is -0.0783. The molecule has 20 heavy (non-hydrogen) atoms. The average Bonchev–Trinajstić information content (AvgIpc) is 2.51. The fourth-order valence-electron chi connectivity index (χ4n) is 3.31. The van der Waals surface area contributed by atoms with E-state index in [2.05, 4.69) is 46.8 Å². The summed E-state index contributed by atoms with van der Waals surface area (Å²) in [5.74, 6) is 1.25. The quantitative estimate of drug-likeness (QED) is 0.421. The van der Waals surface area contributed by atoms with Gasteiger partial charge in [0.2, 0.25) is 0 Å². The van der Waals surface area contributed by atoms with Gasteiger partial charge in [-0.1, -0.05) is 53.2 Å². The molecule has 2 heteroatoms.